The fourth-order valence-corrected chi connectivity index (χ4v) is 1.56. The van der Waals surface area contributed by atoms with E-state index in [-0.39, 0.29) is 6.54 Å². The van der Waals surface area contributed by atoms with Gasteiger partial charge in [-0.1, -0.05) is 13.3 Å². The maximum atomic E-state index is 11.0. The number of hydrogen-bond acceptors (Lipinski definition) is 4. The SMILES string of the molecule is CCN(CC(=O)O)C(CCCCN)C(=O)O. The summed E-state index contributed by atoms with van der Waals surface area (Å²) in [6, 6.07) is -0.729. The van der Waals surface area contributed by atoms with E-state index in [0.717, 1.165) is 6.42 Å². The van der Waals surface area contributed by atoms with Gasteiger partial charge in [0.25, 0.3) is 0 Å². The molecule has 6 heteroatoms. The van der Waals surface area contributed by atoms with Crippen molar-refractivity contribution >= 4 is 11.9 Å². The van der Waals surface area contributed by atoms with Crippen LogP contribution in [0.3, 0.4) is 0 Å². The highest BCUT2D eigenvalue weighted by atomic mass is 16.4. The molecule has 1 atom stereocenters. The Hall–Kier alpha value is -1.14. The molecule has 4 N–H and O–H groups in total. The summed E-state index contributed by atoms with van der Waals surface area (Å²) in [6.45, 7) is 2.45. The van der Waals surface area contributed by atoms with Crippen LogP contribution in [0.2, 0.25) is 0 Å². The molecule has 0 saturated heterocycles. The highest BCUT2D eigenvalue weighted by molar-refractivity contribution is 5.75. The van der Waals surface area contributed by atoms with Crippen LogP contribution in [-0.2, 0) is 9.59 Å². The van der Waals surface area contributed by atoms with Gasteiger partial charge in [0, 0.05) is 0 Å². The summed E-state index contributed by atoms with van der Waals surface area (Å²) in [4.78, 5) is 23.0. The molecule has 0 amide bonds. The van der Waals surface area contributed by atoms with Crippen molar-refractivity contribution in [1.29, 1.82) is 0 Å². The molecule has 94 valence electrons. The molecule has 0 fully saturated rings. The number of rotatable bonds is 9. The van der Waals surface area contributed by atoms with E-state index in [9.17, 15) is 9.59 Å². The largest absolute Gasteiger partial charge is 0.480 e. The van der Waals surface area contributed by atoms with Crippen molar-refractivity contribution in [2.24, 2.45) is 5.73 Å². The minimum absolute atomic E-state index is 0.240. The molecule has 6 nitrogen and oxygen atoms in total. The quantitative estimate of drug-likeness (QED) is 0.482. The Morgan fingerprint density at radius 1 is 1.31 bits per heavy atom. The summed E-state index contributed by atoms with van der Waals surface area (Å²) in [5, 5.41) is 17.7. The van der Waals surface area contributed by atoms with Crippen molar-refractivity contribution in [1.82, 2.24) is 4.90 Å². The van der Waals surface area contributed by atoms with Crippen LogP contribution in [0.1, 0.15) is 26.2 Å². The van der Waals surface area contributed by atoms with E-state index in [0.29, 0.717) is 25.9 Å². The Morgan fingerprint density at radius 2 is 1.94 bits per heavy atom. The van der Waals surface area contributed by atoms with E-state index in [1.807, 2.05) is 0 Å². The molecule has 1 unspecified atom stereocenters. The number of aliphatic carboxylic acids is 2. The molecule has 0 spiro atoms. The molecule has 0 saturated carbocycles. The first-order chi connectivity index (χ1) is 7.52. The molecule has 0 aliphatic rings. The van der Waals surface area contributed by atoms with Gasteiger partial charge in [-0.05, 0) is 25.9 Å². The van der Waals surface area contributed by atoms with Crippen molar-refractivity contribution in [2.75, 3.05) is 19.6 Å². The van der Waals surface area contributed by atoms with Gasteiger partial charge in [0.1, 0.15) is 6.04 Å². The normalized spacial score (nSPS) is 12.7. The molecule has 0 radical (unpaired) electrons. The van der Waals surface area contributed by atoms with Crippen LogP contribution in [0.15, 0.2) is 0 Å². The zero-order valence-electron chi connectivity index (χ0n) is 9.56. The molecule has 0 aliphatic carbocycles. The molecule has 16 heavy (non-hydrogen) atoms. The summed E-state index contributed by atoms with van der Waals surface area (Å²) in [6.07, 6.45) is 1.89. The number of carboxylic acids is 2. The van der Waals surface area contributed by atoms with Crippen molar-refractivity contribution in [3.63, 3.8) is 0 Å². The van der Waals surface area contributed by atoms with Gasteiger partial charge in [-0.15, -0.1) is 0 Å². The van der Waals surface area contributed by atoms with Gasteiger partial charge >= 0.3 is 11.9 Å². The summed E-state index contributed by atoms with van der Waals surface area (Å²) >= 11 is 0. The number of nitrogens with two attached hydrogens (primary N) is 1. The summed E-state index contributed by atoms with van der Waals surface area (Å²) < 4.78 is 0. The van der Waals surface area contributed by atoms with Crippen molar-refractivity contribution < 1.29 is 19.8 Å². The maximum absolute atomic E-state index is 11.0. The fraction of sp³-hybridized carbons (Fsp3) is 0.800. The molecular formula is C10H20N2O4. The Morgan fingerprint density at radius 3 is 2.31 bits per heavy atom. The van der Waals surface area contributed by atoms with E-state index in [1.165, 1.54) is 4.90 Å². The second-order valence-electron chi connectivity index (χ2n) is 3.60. The average Bonchev–Trinajstić information content (AvgIpc) is 2.21. The van der Waals surface area contributed by atoms with E-state index in [4.69, 9.17) is 15.9 Å². The lowest BCUT2D eigenvalue weighted by molar-refractivity contribution is -0.146. The summed E-state index contributed by atoms with van der Waals surface area (Å²) in [5.74, 6) is -1.98. The summed E-state index contributed by atoms with van der Waals surface area (Å²) in [5.41, 5.74) is 5.33. The van der Waals surface area contributed by atoms with E-state index >= 15 is 0 Å². The number of hydrogen-bond donors (Lipinski definition) is 3. The number of nitrogens with zero attached hydrogens (tertiary/aromatic N) is 1. The fourth-order valence-electron chi connectivity index (χ4n) is 1.56. The third-order valence-corrected chi connectivity index (χ3v) is 2.40. The monoisotopic (exact) mass is 232 g/mol. The number of likely N-dealkylation sites (N-methyl/N-ethyl adjacent to an activating group) is 1. The van der Waals surface area contributed by atoms with Gasteiger partial charge in [0.05, 0.1) is 6.54 Å². The summed E-state index contributed by atoms with van der Waals surface area (Å²) in [7, 11) is 0. The first-order valence-electron chi connectivity index (χ1n) is 5.41. The first-order valence-corrected chi connectivity index (χ1v) is 5.41. The molecule has 0 heterocycles. The van der Waals surface area contributed by atoms with Crippen molar-refractivity contribution in [2.45, 2.75) is 32.2 Å². The van der Waals surface area contributed by atoms with Gasteiger partial charge in [0.15, 0.2) is 0 Å². The van der Waals surface area contributed by atoms with E-state index < -0.39 is 18.0 Å². The molecule has 0 aliphatic heterocycles. The lowest BCUT2D eigenvalue weighted by Gasteiger charge is -2.25. The van der Waals surface area contributed by atoms with Crippen LogP contribution in [0.5, 0.6) is 0 Å². The Kier molecular flexibility index (Phi) is 7.49. The van der Waals surface area contributed by atoms with Crippen LogP contribution in [0, 0.1) is 0 Å². The highest BCUT2D eigenvalue weighted by Crippen LogP contribution is 2.09. The van der Waals surface area contributed by atoms with Gasteiger partial charge in [-0.3, -0.25) is 14.5 Å². The predicted octanol–water partition coefficient (Wildman–Crippen LogP) is -0.0249. The number of carboxylic acid groups (broad SMARTS) is 2. The topological polar surface area (TPSA) is 104 Å². The molecular weight excluding hydrogens is 212 g/mol. The predicted molar refractivity (Wildman–Crippen MR) is 59.2 cm³/mol. The first kappa shape index (κ1) is 14.9. The molecule has 0 rings (SSSR count). The second kappa shape index (κ2) is 8.06. The van der Waals surface area contributed by atoms with Crippen LogP contribution < -0.4 is 5.73 Å². The van der Waals surface area contributed by atoms with E-state index in [2.05, 4.69) is 0 Å². The maximum Gasteiger partial charge on any atom is 0.320 e. The number of carbonyl (C=O) groups is 2. The Balaban J connectivity index is 4.34. The van der Waals surface area contributed by atoms with Crippen molar-refractivity contribution in [3.8, 4) is 0 Å². The molecule has 0 aromatic rings. The average molecular weight is 232 g/mol. The lowest BCUT2D eigenvalue weighted by Crippen LogP contribution is -2.43. The smallest absolute Gasteiger partial charge is 0.320 e. The van der Waals surface area contributed by atoms with Crippen LogP contribution in [0.4, 0.5) is 0 Å². The lowest BCUT2D eigenvalue weighted by atomic mass is 10.1. The van der Waals surface area contributed by atoms with Gasteiger partial charge in [-0.2, -0.15) is 0 Å². The van der Waals surface area contributed by atoms with Gasteiger partial charge < -0.3 is 15.9 Å². The highest BCUT2D eigenvalue weighted by Gasteiger charge is 2.25. The third kappa shape index (κ3) is 5.67. The third-order valence-electron chi connectivity index (χ3n) is 2.40. The zero-order chi connectivity index (χ0) is 12.6. The molecule has 0 aromatic carbocycles. The standard InChI is InChI=1S/C10H20N2O4/c1-2-12(7-9(13)14)8(10(15)16)5-3-4-6-11/h8H,2-7,11H2,1H3,(H,13,14)(H,15,16). The zero-order valence-corrected chi connectivity index (χ0v) is 9.56. The molecule has 0 bridgehead atoms. The van der Waals surface area contributed by atoms with Gasteiger partial charge in [-0.25, -0.2) is 0 Å². The second-order valence-corrected chi connectivity index (χ2v) is 3.60. The number of unbranched alkanes of at least 4 members (excludes halogenated alkanes) is 1. The van der Waals surface area contributed by atoms with E-state index in [1.54, 1.807) is 6.92 Å². The van der Waals surface area contributed by atoms with Crippen molar-refractivity contribution in [3.05, 3.63) is 0 Å². The minimum Gasteiger partial charge on any atom is -0.480 e. The minimum atomic E-state index is -1.01. The van der Waals surface area contributed by atoms with Crippen LogP contribution in [-0.4, -0.2) is 52.7 Å². The Bertz CT molecular complexity index is 233. The Labute approximate surface area is 95.0 Å². The van der Waals surface area contributed by atoms with Crippen LogP contribution in [0.25, 0.3) is 0 Å². The molecule has 0 aromatic heterocycles. The van der Waals surface area contributed by atoms with Crippen LogP contribution >= 0.6 is 0 Å². The van der Waals surface area contributed by atoms with Gasteiger partial charge in [0.2, 0.25) is 0 Å².